The lowest BCUT2D eigenvalue weighted by Crippen LogP contribution is -2.47. The Morgan fingerprint density at radius 3 is 2.66 bits per heavy atom. The van der Waals surface area contributed by atoms with Gasteiger partial charge in [-0.15, -0.1) is 12.4 Å². The Bertz CT molecular complexity index is 1260. The van der Waals surface area contributed by atoms with E-state index < -0.39 is 15.9 Å². The average Bonchev–Trinajstić information content (AvgIpc) is 2.85. The van der Waals surface area contributed by atoms with Crippen LogP contribution in [0.25, 0.3) is 11.3 Å². The van der Waals surface area contributed by atoms with Crippen molar-refractivity contribution < 1.29 is 13.2 Å². The van der Waals surface area contributed by atoms with Crippen molar-refractivity contribution in [3.05, 3.63) is 60.7 Å². The molecule has 3 aromatic rings. The standard InChI is InChI=1S/C23H27N7O3S.ClH/c1-2-30-12-4-6-18(15-30)29-34(32,33)19-9-7-16(8-10-19)20-14-26-22(24)21(28-20)23(31)27-17-5-3-11-25-13-17;/h3,5,7-11,13-14,18,29H,2,4,6,12,15H2,1H3,(H2,24,26)(H,27,31);1H. The largest absolute Gasteiger partial charge is 0.382 e. The molecule has 4 N–H and O–H groups in total. The second kappa shape index (κ2) is 11.5. The molecule has 1 aromatic carbocycles. The zero-order valence-corrected chi connectivity index (χ0v) is 20.8. The number of halogens is 1. The molecule has 1 fully saturated rings. The molecule has 1 amide bonds. The topological polar surface area (TPSA) is 143 Å². The van der Waals surface area contributed by atoms with Gasteiger partial charge in [-0.25, -0.2) is 23.1 Å². The molecule has 4 rings (SSSR count). The number of nitrogen functional groups attached to an aromatic ring is 1. The molecule has 35 heavy (non-hydrogen) atoms. The number of sulfonamides is 1. The van der Waals surface area contributed by atoms with Crippen molar-refractivity contribution in [2.75, 3.05) is 30.7 Å². The maximum absolute atomic E-state index is 12.9. The lowest BCUT2D eigenvalue weighted by Gasteiger charge is -2.32. The fourth-order valence-corrected chi connectivity index (χ4v) is 5.12. The van der Waals surface area contributed by atoms with E-state index in [-0.39, 0.29) is 34.9 Å². The molecular formula is C23H28ClN7O3S. The Morgan fingerprint density at radius 2 is 1.97 bits per heavy atom. The highest BCUT2D eigenvalue weighted by Crippen LogP contribution is 2.22. The minimum absolute atomic E-state index is 0. The zero-order chi connectivity index (χ0) is 24.1. The number of nitrogens with one attached hydrogen (secondary N) is 2. The third kappa shape index (κ3) is 6.51. The van der Waals surface area contributed by atoms with Crippen molar-refractivity contribution in [3.63, 3.8) is 0 Å². The number of pyridine rings is 1. The first-order valence-corrected chi connectivity index (χ1v) is 12.5. The van der Waals surface area contributed by atoms with E-state index in [1.54, 1.807) is 30.5 Å². The molecule has 10 nitrogen and oxygen atoms in total. The van der Waals surface area contributed by atoms with E-state index in [1.165, 1.54) is 24.5 Å². The number of carbonyl (C=O) groups excluding carboxylic acids is 1. The number of rotatable bonds is 7. The van der Waals surface area contributed by atoms with Crippen LogP contribution >= 0.6 is 12.4 Å². The van der Waals surface area contributed by atoms with Crippen LogP contribution in [0.3, 0.4) is 0 Å². The van der Waals surface area contributed by atoms with Gasteiger partial charge < -0.3 is 16.0 Å². The lowest BCUT2D eigenvalue weighted by atomic mass is 10.1. The van der Waals surface area contributed by atoms with Crippen molar-refractivity contribution in [2.24, 2.45) is 0 Å². The Kier molecular flexibility index (Phi) is 8.73. The van der Waals surface area contributed by atoms with Gasteiger partial charge in [0.05, 0.1) is 28.7 Å². The number of hydrogen-bond donors (Lipinski definition) is 3. The van der Waals surface area contributed by atoms with E-state index in [4.69, 9.17) is 5.73 Å². The summed E-state index contributed by atoms with van der Waals surface area (Å²) in [5.74, 6) is -0.529. The molecule has 0 aliphatic carbocycles. The third-order valence-corrected chi connectivity index (χ3v) is 7.21. The number of piperidine rings is 1. The predicted octanol–water partition coefficient (Wildman–Crippen LogP) is 2.56. The van der Waals surface area contributed by atoms with Crippen LogP contribution in [-0.2, 0) is 10.0 Å². The Hall–Kier alpha value is -3.12. The van der Waals surface area contributed by atoms with E-state index in [0.29, 0.717) is 23.5 Å². The van der Waals surface area contributed by atoms with Crippen LogP contribution in [0.4, 0.5) is 11.5 Å². The first kappa shape index (κ1) is 26.5. The fraction of sp³-hybridized carbons (Fsp3) is 0.304. The first-order valence-electron chi connectivity index (χ1n) is 11.0. The van der Waals surface area contributed by atoms with E-state index in [0.717, 1.165) is 25.9 Å². The number of anilines is 2. The van der Waals surface area contributed by atoms with E-state index in [9.17, 15) is 13.2 Å². The maximum Gasteiger partial charge on any atom is 0.278 e. The molecule has 1 aliphatic heterocycles. The first-order chi connectivity index (χ1) is 16.4. The monoisotopic (exact) mass is 517 g/mol. The summed E-state index contributed by atoms with van der Waals surface area (Å²) in [7, 11) is -3.66. The number of aromatic nitrogens is 3. The van der Waals surface area contributed by atoms with Gasteiger partial charge in [0, 0.05) is 24.3 Å². The number of carbonyl (C=O) groups is 1. The second-order valence-electron chi connectivity index (χ2n) is 8.06. The molecule has 12 heteroatoms. The summed E-state index contributed by atoms with van der Waals surface area (Å²) >= 11 is 0. The SMILES string of the molecule is CCN1CCCC(NS(=O)(=O)c2ccc(-c3cnc(N)c(C(=O)Nc4cccnc4)n3)cc2)C1.Cl. The van der Waals surface area contributed by atoms with Crippen LogP contribution in [0.2, 0.25) is 0 Å². The van der Waals surface area contributed by atoms with Gasteiger partial charge in [-0.1, -0.05) is 19.1 Å². The van der Waals surface area contributed by atoms with Crippen LogP contribution in [0, 0.1) is 0 Å². The van der Waals surface area contributed by atoms with Crippen LogP contribution in [0.1, 0.15) is 30.3 Å². The lowest BCUT2D eigenvalue weighted by molar-refractivity contribution is 0.102. The van der Waals surface area contributed by atoms with Gasteiger partial charge in [-0.2, -0.15) is 0 Å². The van der Waals surface area contributed by atoms with Gasteiger partial charge in [-0.3, -0.25) is 9.78 Å². The number of benzene rings is 1. The minimum atomic E-state index is -3.66. The molecule has 0 spiro atoms. The summed E-state index contributed by atoms with van der Waals surface area (Å²) in [4.78, 5) is 27.4. The summed E-state index contributed by atoms with van der Waals surface area (Å²) < 4.78 is 28.6. The number of likely N-dealkylation sites (N-methyl/N-ethyl adjacent to an activating group) is 1. The summed E-state index contributed by atoms with van der Waals surface area (Å²) in [6.07, 6.45) is 6.33. The summed E-state index contributed by atoms with van der Waals surface area (Å²) in [5.41, 5.74) is 7.35. The molecule has 1 saturated heterocycles. The van der Waals surface area contributed by atoms with Gasteiger partial charge in [0.15, 0.2) is 11.5 Å². The highest BCUT2D eigenvalue weighted by atomic mass is 35.5. The third-order valence-electron chi connectivity index (χ3n) is 5.67. The molecule has 1 aliphatic rings. The molecule has 3 heterocycles. The predicted molar refractivity (Wildman–Crippen MR) is 137 cm³/mol. The number of likely N-dealkylation sites (tertiary alicyclic amines) is 1. The molecule has 0 saturated carbocycles. The van der Waals surface area contributed by atoms with Crippen molar-refractivity contribution >= 4 is 39.8 Å². The van der Waals surface area contributed by atoms with Gasteiger partial charge in [-0.05, 0) is 50.2 Å². The quantitative estimate of drug-likeness (QED) is 0.434. The normalized spacial score (nSPS) is 16.3. The summed E-state index contributed by atoms with van der Waals surface area (Å²) in [6, 6.07) is 9.59. The number of hydrogen-bond acceptors (Lipinski definition) is 8. The molecule has 0 bridgehead atoms. The van der Waals surface area contributed by atoms with Gasteiger partial charge in [0.2, 0.25) is 10.0 Å². The number of nitrogens with two attached hydrogens (primary N) is 1. The fourth-order valence-electron chi connectivity index (χ4n) is 3.86. The molecule has 186 valence electrons. The molecule has 2 aromatic heterocycles. The van der Waals surface area contributed by atoms with Crippen molar-refractivity contribution in [3.8, 4) is 11.3 Å². The molecule has 1 unspecified atom stereocenters. The highest BCUT2D eigenvalue weighted by molar-refractivity contribution is 7.89. The zero-order valence-electron chi connectivity index (χ0n) is 19.2. The minimum Gasteiger partial charge on any atom is -0.382 e. The highest BCUT2D eigenvalue weighted by Gasteiger charge is 2.24. The van der Waals surface area contributed by atoms with Gasteiger partial charge in [0.1, 0.15) is 0 Å². The van der Waals surface area contributed by atoms with Crippen LogP contribution in [-0.4, -0.2) is 59.9 Å². The Morgan fingerprint density at radius 1 is 1.20 bits per heavy atom. The van der Waals surface area contributed by atoms with E-state index >= 15 is 0 Å². The molecule has 0 radical (unpaired) electrons. The smallest absolute Gasteiger partial charge is 0.278 e. The van der Waals surface area contributed by atoms with Crippen LogP contribution in [0.5, 0.6) is 0 Å². The number of amides is 1. The van der Waals surface area contributed by atoms with Crippen molar-refractivity contribution in [1.82, 2.24) is 24.6 Å². The van der Waals surface area contributed by atoms with Crippen LogP contribution < -0.4 is 15.8 Å². The van der Waals surface area contributed by atoms with E-state index in [1.807, 2.05) is 0 Å². The molecular weight excluding hydrogens is 490 g/mol. The molecule has 1 atom stereocenters. The second-order valence-corrected chi connectivity index (χ2v) is 9.78. The maximum atomic E-state index is 12.9. The van der Waals surface area contributed by atoms with Crippen molar-refractivity contribution in [1.29, 1.82) is 0 Å². The van der Waals surface area contributed by atoms with Crippen LogP contribution in [0.15, 0.2) is 59.9 Å². The van der Waals surface area contributed by atoms with E-state index in [2.05, 4.69) is 36.8 Å². The Balaban J connectivity index is 0.00000342. The average molecular weight is 518 g/mol. The summed E-state index contributed by atoms with van der Waals surface area (Å²) in [6.45, 7) is 4.68. The van der Waals surface area contributed by atoms with Crippen molar-refractivity contribution in [2.45, 2.75) is 30.7 Å². The summed E-state index contributed by atoms with van der Waals surface area (Å²) in [5, 5.41) is 2.68. The van der Waals surface area contributed by atoms with Gasteiger partial charge in [0.25, 0.3) is 5.91 Å². The van der Waals surface area contributed by atoms with Gasteiger partial charge >= 0.3 is 0 Å². The number of nitrogens with zero attached hydrogens (tertiary/aromatic N) is 4. The Labute approximate surface area is 210 Å².